The molecule has 11 heteroatoms. The largest absolute Gasteiger partial charge is 0.394 e. The van der Waals surface area contributed by atoms with E-state index in [9.17, 15) is 35.7 Å². The van der Waals surface area contributed by atoms with Crippen LogP contribution in [-0.2, 0) is 14.2 Å². The molecule has 0 aromatic rings. The lowest BCUT2D eigenvalue weighted by molar-refractivity contribution is -0.355. The Balaban J connectivity index is 2.11. The molecule has 0 saturated carbocycles. The molecule has 0 spiro atoms. The zero-order valence-corrected chi connectivity index (χ0v) is 12.0. The van der Waals surface area contributed by atoms with Gasteiger partial charge in [0.25, 0.3) is 0 Å². The van der Waals surface area contributed by atoms with Crippen LogP contribution in [0.1, 0.15) is 0 Å². The minimum atomic E-state index is -1.74. The summed E-state index contributed by atoms with van der Waals surface area (Å²) in [5.41, 5.74) is 0. The fourth-order valence-electron chi connectivity index (χ4n) is 2.57. The van der Waals surface area contributed by atoms with Gasteiger partial charge in [-0.15, -0.1) is 0 Å². The Morgan fingerprint density at radius 2 is 1.26 bits per heavy atom. The minimum absolute atomic E-state index is 0.667. The Kier molecular flexibility index (Phi) is 6.27. The van der Waals surface area contributed by atoms with Crippen LogP contribution in [0.15, 0.2) is 0 Å². The van der Waals surface area contributed by atoms with E-state index in [0.29, 0.717) is 0 Å². The van der Waals surface area contributed by atoms with E-state index in [0.717, 1.165) is 0 Å². The Morgan fingerprint density at radius 1 is 0.652 bits per heavy atom. The van der Waals surface area contributed by atoms with Gasteiger partial charge in [0.1, 0.15) is 48.8 Å². The second-order valence-corrected chi connectivity index (χ2v) is 5.53. The van der Waals surface area contributed by atoms with Gasteiger partial charge in [0.05, 0.1) is 13.2 Å². The molecule has 2 heterocycles. The van der Waals surface area contributed by atoms with Crippen molar-refractivity contribution in [2.45, 2.75) is 61.4 Å². The molecule has 0 aromatic heterocycles. The fourth-order valence-corrected chi connectivity index (χ4v) is 2.57. The average Bonchev–Trinajstić information content (AvgIpc) is 2.55. The summed E-state index contributed by atoms with van der Waals surface area (Å²) >= 11 is 0. The maximum Gasteiger partial charge on any atom is 0.187 e. The fraction of sp³-hybridized carbons (Fsp3) is 1.00. The van der Waals surface area contributed by atoms with Gasteiger partial charge < -0.3 is 55.1 Å². The lowest BCUT2D eigenvalue weighted by atomic mass is 9.97. The van der Waals surface area contributed by atoms with Crippen LogP contribution in [-0.4, -0.2) is 115 Å². The quantitative estimate of drug-likeness (QED) is 0.243. The van der Waals surface area contributed by atoms with Crippen molar-refractivity contribution in [2.75, 3.05) is 13.2 Å². The third kappa shape index (κ3) is 3.65. The van der Waals surface area contributed by atoms with E-state index < -0.39 is 74.6 Å². The van der Waals surface area contributed by atoms with Crippen molar-refractivity contribution in [1.29, 1.82) is 0 Å². The number of aliphatic hydroxyl groups is 8. The highest BCUT2D eigenvalue weighted by Gasteiger charge is 2.50. The summed E-state index contributed by atoms with van der Waals surface area (Å²) in [6, 6.07) is 0. The maximum absolute atomic E-state index is 9.94. The summed E-state index contributed by atoms with van der Waals surface area (Å²) in [6.45, 7) is -1.35. The first-order valence-corrected chi connectivity index (χ1v) is 7.08. The smallest absolute Gasteiger partial charge is 0.187 e. The Morgan fingerprint density at radius 3 is 1.83 bits per heavy atom. The Labute approximate surface area is 130 Å². The van der Waals surface area contributed by atoms with Crippen LogP contribution in [0, 0.1) is 0 Å². The van der Waals surface area contributed by atoms with Crippen molar-refractivity contribution < 1.29 is 55.1 Å². The lowest BCUT2D eigenvalue weighted by Gasteiger charge is -2.45. The van der Waals surface area contributed by atoms with Gasteiger partial charge in [-0.25, -0.2) is 0 Å². The predicted molar refractivity (Wildman–Crippen MR) is 68.6 cm³/mol. The molecule has 2 rings (SSSR count). The molecule has 2 fully saturated rings. The average molecular weight is 342 g/mol. The SMILES string of the molecule is OC[C@@H]1O[C@@H](O[C@H]2[C@H](O)[C@H](O)[C@H](O)O[C@@H]2CO)[C@@H](O)[C@@H](O)[C@H]1O. The van der Waals surface area contributed by atoms with Crippen LogP contribution in [0.2, 0.25) is 0 Å². The van der Waals surface area contributed by atoms with Crippen molar-refractivity contribution in [1.82, 2.24) is 0 Å². The number of ether oxygens (including phenoxy) is 3. The van der Waals surface area contributed by atoms with Crippen molar-refractivity contribution >= 4 is 0 Å². The molecular formula is C12H22O11. The molecule has 23 heavy (non-hydrogen) atoms. The lowest BCUT2D eigenvalue weighted by Crippen LogP contribution is -2.64. The van der Waals surface area contributed by atoms with E-state index in [2.05, 4.69) is 0 Å². The molecule has 0 amide bonds. The first-order valence-electron chi connectivity index (χ1n) is 7.08. The topological polar surface area (TPSA) is 190 Å². The highest BCUT2D eigenvalue weighted by molar-refractivity contribution is 4.93. The standard InChI is InChI=1S/C12H22O11/c13-1-3-5(15)6(16)9(19)12(22-3)23-10-4(2-14)21-11(20)8(18)7(10)17/h3-20H,1-2H2/t3-,4+,5-,6-,7+,8-,9-,10+,11+,12-/m0/s1. The number of rotatable bonds is 4. The highest BCUT2D eigenvalue weighted by Crippen LogP contribution is 2.28. The van der Waals surface area contributed by atoms with Crippen LogP contribution in [0.3, 0.4) is 0 Å². The van der Waals surface area contributed by atoms with E-state index in [1.807, 2.05) is 0 Å². The molecule has 8 N–H and O–H groups in total. The summed E-state index contributed by atoms with van der Waals surface area (Å²) < 4.78 is 15.3. The van der Waals surface area contributed by atoms with Gasteiger partial charge in [-0.3, -0.25) is 0 Å². The molecule has 0 bridgehead atoms. The first-order chi connectivity index (χ1) is 10.8. The van der Waals surface area contributed by atoms with Gasteiger partial charge in [-0.2, -0.15) is 0 Å². The molecule has 2 aliphatic rings. The van der Waals surface area contributed by atoms with Gasteiger partial charge in [0.2, 0.25) is 0 Å². The number of hydrogen-bond acceptors (Lipinski definition) is 11. The molecule has 11 nitrogen and oxygen atoms in total. The van der Waals surface area contributed by atoms with Crippen LogP contribution in [0.5, 0.6) is 0 Å². The second-order valence-electron chi connectivity index (χ2n) is 5.53. The minimum Gasteiger partial charge on any atom is -0.394 e. The van der Waals surface area contributed by atoms with Gasteiger partial charge in [-0.05, 0) is 0 Å². The second kappa shape index (κ2) is 7.63. The Hall–Kier alpha value is -0.440. The summed E-state index contributed by atoms with van der Waals surface area (Å²) in [5, 5.41) is 76.5. The molecule has 10 atom stereocenters. The molecule has 2 aliphatic heterocycles. The van der Waals surface area contributed by atoms with E-state index in [4.69, 9.17) is 19.3 Å². The third-order valence-corrected chi connectivity index (χ3v) is 3.98. The summed E-state index contributed by atoms with van der Waals surface area (Å²) in [4.78, 5) is 0. The highest BCUT2D eigenvalue weighted by atomic mass is 16.7. The van der Waals surface area contributed by atoms with Gasteiger partial charge in [0.15, 0.2) is 12.6 Å². The van der Waals surface area contributed by atoms with E-state index >= 15 is 0 Å². The maximum atomic E-state index is 9.94. The molecule has 136 valence electrons. The van der Waals surface area contributed by atoms with E-state index in [1.165, 1.54) is 0 Å². The van der Waals surface area contributed by atoms with Gasteiger partial charge in [0, 0.05) is 0 Å². The van der Waals surface area contributed by atoms with Gasteiger partial charge >= 0.3 is 0 Å². The molecule has 2 saturated heterocycles. The zero-order chi connectivity index (χ0) is 17.3. The summed E-state index contributed by atoms with van der Waals surface area (Å²) in [6.07, 6.45) is -15.6. The number of hydrogen-bond donors (Lipinski definition) is 8. The van der Waals surface area contributed by atoms with Crippen LogP contribution < -0.4 is 0 Å². The third-order valence-electron chi connectivity index (χ3n) is 3.98. The van der Waals surface area contributed by atoms with E-state index in [-0.39, 0.29) is 0 Å². The van der Waals surface area contributed by atoms with Crippen molar-refractivity contribution in [2.24, 2.45) is 0 Å². The van der Waals surface area contributed by atoms with Crippen molar-refractivity contribution in [3.05, 3.63) is 0 Å². The zero-order valence-electron chi connectivity index (χ0n) is 12.0. The van der Waals surface area contributed by atoms with Crippen LogP contribution in [0.25, 0.3) is 0 Å². The normalized spacial score (nSPS) is 51.7. The van der Waals surface area contributed by atoms with Crippen LogP contribution >= 0.6 is 0 Å². The van der Waals surface area contributed by atoms with Crippen molar-refractivity contribution in [3.8, 4) is 0 Å². The monoisotopic (exact) mass is 342 g/mol. The summed E-state index contributed by atoms with van der Waals surface area (Å²) in [7, 11) is 0. The molecule has 0 unspecified atom stereocenters. The van der Waals surface area contributed by atoms with E-state index in [1.54, 1.807) is 0 Å². The predicted octanol–water partition coefficient (Wildman–Crippen LogP) is -5.40. The summed E-state index contributed by atoms with van der Waals surface area (Å²) in [5.74, 6) is 0. The van der Waals surface area contributed by atoms with Gasteiger partial charge in [-0.1, -0.05) is 0 Å². The van der Waals surface area contributed by atoms with Crippen molar-refractivity contribution in [3.63, 3.8) is 0 Å². The molecular weight excluding hydrogens is 320 g/mol. The number of aliphatic hydroxyl groups excluding tert-OH is 8. The Bertz CT molecular complexity index is 378. The molecule has 0 aromatic carbocycles. The van der Waals surface area contributed by atoms with Crippen LogP contribution in [0.4, 0.5) is 0 Å². The molecule has 0 aliphatic carbocycles. The molecule has 0 radical (unpaired) electrons. The first kappa shape index (κ1) is 18.9.